The second-order valence-corrected chi connectivity index (χ2v) is 6.34. The van der Waals surface area contributed by atoms with Crippen molar-refractivity contribution in [3.8, 4) is 0 Å². The van der Waals surface area contributed by atoms with Gasteiger partial charge in [-0.05, 0) is 42.9 Å². The largest absolute Gasteiger partial charge is 0.459 e. The fourth-order valence-electron chi connectivity index (χ4n) is 2.33. The lowest BCUT2D eigenvalue weighted by atomic mass is 10.0. The van der Waals surface area contributed by atoms with Crippen molar-refractivity contribution in [2.45, 2.75) is 6.04 Å². The molecule has 3 rings (SSSR count). The van der Waals surface area contributed by atoms with E-state index in [1.807, 2.05) is 37.4 Å². The number of halogens is 2. The number of hydrogen-bond acceptors (Lipinski definition) is 2. The quantitative estimate of drug-likeness (QED) is 0.654. The molecule has 0 aliphatic carbocycles. The first kappa shape index (κ1) is 13.9. The van der Waals surface area contributed by atoms with E-state index in [4.69, 9.17) is 4.42 Å². The molecule has 102 valence electrons. The lowest BCUT2D eigenvalue weighted by molar-refractivity contribution is 0.491. The minimum Gasteiger partial charge on any atom is -0.459 e. The Labute approximate surface area is 134 Å². The first-order valence-corrected chi connectivity index (χ1v) is 7.88. The van der Waals surface area contributed by atoms with Crippen LogP contribution < -0.4 is 5.32 Å². The third-order valence-corrected chi connectivity index (χ3v) is 4.50. The second-order valence-electron chi connectivity index (χ2n) is 4.57. The van der Waals surface area contributed by atoms with Crippen LogP contribution in [0, 0.1) is 0 Å². The highest BCUT2D eigenvalue weighted by molar-refractivity contribution is 9.11. The number of furan rings is 1. The molecule has 1 heterocycles. The average Bonchev–Trinajstić information content (AvgIpc) is 2.87. The molecule has 0 aliphatic rings. The van der Waals surface area contributed by atoms with Crippen molar-refractivity contribution in [2.75, 3.05) is 7.05 Å². The van der Waals surface area contributed by atoms with Crippen LogP contribution in [-0.2, 0) is 0 Å². The average molecular weight is 395 g/mol. The third kappa shape index (κ3) is 2.55. The lowest BCUT2D eigenvalue weighted by Crippen LogP contribution is -2.17. The molecule has 0 fully saturated rings. The maximum Gasteiger partial charge on any atom is 0.134 e. The molecule has 3 aromatic rings. The molecule has 1 unspecified atom stereocenters. The van der Waals surface area contributed by atoms with Gasteiger partial charge in [-0.25, -0.2) is 0 Å². The Hall–Kier alpha value is -1.10. The molecule has 4 heteroatoms. The normalized spacial score (nSPS) is 12.8. The van der Waals surface area contributed by atoms with Crippen LogP contribution in [0.2, 0.25) is 0 Å². The molecule has 2 aromatic carbocycles. The van der Waals surface area contributed by atoms with Gasteiger partial charge in [-0.2, -0.15) is 0 Å². The fourth-order valence-corrected chi connectivity index (χ4v) is 3.19. The number of para-hydroxylation sites is 1. The van der Waals surface area contributed by atoms with Gasteiger partial charge in [-0.15, -0.1) is 0 Å². The van der Waals surface area contributed by atoms with Gasteiger partial charge >= 0.3 is 0 Å². The standard InChI is InChI=1S/C16H13Br2NO/c1-19-16(12-9-11(17)6-7-13(12)18)15-8-10-4-2-3-5-14(10)20-15/h2-9,16,19H,1H3. The Morgan fingerprint density at radius 2 is 1.85 bits per heavy atom. The summed E-state index contributed by atoms with van der Waals surface area (Å²) in [6.45, 7) is 0. The summed E-state index contributed by atoms with van der Waals surface area (Å²) < 4.78 is 8.08. The maximum absolute atomic E-state index is 5.97. The minimum absolute atomic E-state index is 0.00859. The summed E-state index contributed by atoms with van der Waals surface area (Å²) >= 11 is 7.13. The van der Waals surface area contributed by atoms with E-state index >= 15 is 0 Å². The molecule has 0 radical (unpaired) electrons. The van der Waals surface area contributed by atoms with Gasteiger partial charge in [0.15, 0.2) is 0 Å². The van der Waals surface area contributed by atoms with E-state index in [1.54, 1.807) is 0 Å². The maximum atomic E-state index is 5.97. The van der Waals surface area contributed by atoms with Crippen LogP contribution in [-0.4, -0.2) is 7.05 Å². The molecule has 0 bridgehead atoms. The van der Waals surface area contributed by atoms with Crippen LogP contribution in [0.4, 0.5) is 0 Å². The SMILES string of the molecule is CNC(c1cc2ccccc2o1)c1cc(Br)ccc1Br. The van der Waals surface area contributed by atoms with Crippen molar-refractivity contribution in [3.05, 3.63) is 68.8 Å². The minimum atomic E-state index is 0.00859. The third-order valence-electron chi connectivity index (χ3n) is 3.29. The van der Waals surface area contributed by atoms with Crippen LogP contribution in [0.15, 0.2) is 61.9 Å². The molecule has 0 amide bonds. The molecule has 2 nitrogen and oxygen atoms in total. The van der Waals surface area contributed by atoms with Crippen molar-refractivity contribution >= 4 is 42.8 Å². The summed E-state index contributed by atoms with van der Waals surface area (Å²) in [5, 5.41) is 4.44. The fraction of sp³-hybridized carbons (Fsp3) is 0.125. The molecule has 0 saturated carbocycles. The number of rotatable bonds is 3. The zero-order valence-corrected chi connectivity index (χ0v) is 14.0. The Kier molecular flexibility index (Phi) is 3.96. The van der Waals surface area contributed by atoms with Crippen LogP contribution in [0.25, 0.3) is 11.0 Å². The second kappa shape index (κ2) is 5.72. The summed E-state index contributed by atoms with van der Waals surface area (Å²) in [6, 6.07) is 16.3. The Morgan fingerprint density at radius 3 is 2.60 bits per heavy atom. The summed E-state index contributed by atoms with van der Waals surface area (Å²) in [5.74, 6) is 0.910. The van der Waals surface area contributed by atoms with E-state index in [9.17, 15) is 0 Å². The summed E-state index contributed by atoms with van der Waals surface area (Å²) in [5.41, 5.74) is 2.05. The predicted octanol–water partition coefficient (Wildman–Crippen LogP) is 5.27. The Bertz CT molecular complexity index is 718. The molecule has 0 aliphatic heterocycles. The van der Waals surface area contributed by atoms with Crippen molar-refractivity contribution in [1.29, 1.82) is 0 Å². The van der Waals surface area contributed by atoms with Crippen molar-refractivity contribution in [1.82, 2.24) is 5.32 Å². The Morgan fingerprint density at radius 1 is 1.05 bits per heavy atom. The van der Waals surface area contributed by atoms with E-state index in [0.717, 1.165) is 31.2 Å². The van der Waals surface area contributed by atoms with Crippen LogP contribution >= 0.6 is 31.9 Å². The first-order valence-electron chi connectivity index (χ1n) is 6.29. The van der Waals surface area contributed by atoms with Gasteiger partial charge in [0.05, 0.1) is 6.04 Å². The van der Waals surface area contributed by atoms with E-state index in [-0.39, 0.29) is 6.04 Å². The van der Waals surface area contributed by atoms with Crippen molar-refractivity contribution in [3.63, 3.8) is 0 Å². The van der Waals surface area contributed by atoms with Gasteiger partial charge in [-0.3, -0.25) is 0 Å². The highest BCUT2D eigenvalue weighted by atomic mass is 79.9. The lowest BCUT2D eigenvalue weighted by Gasteiger charge is -2.16. The Balaban J connectivity index is 2.11. The topological polar surface area (TPSA) is 25.2 Å². The summed E-state index contributed by atoms with van der Waals surface area (Å²) in [6.07, 6.45) is 0. The molecule has 0 saturated heterocycles. The highest BCUT2D eigenvalue weighted by Gasteiger charge is 2.19. The number of fused-ring (bicyclic) bond motifs is 1. The number of benzene rings is 2. The van der Waals surface area contributed by atoms with Gasteiger partial charge < -0.3 is 9.73 Å². The molecular formula is C16H13Br2NO. The smallest absolute Gasteiger partial charge is 0.134 e. The van der Waals surface area contributed by atoms with Crippen LogP contribution in [0.5, 0.6) is 0 Å². The summed E-state index contributed by atoms with van der Waals surface area (Å²) in [4.78, 5) is 0. The molecule has 1 N–H and O–H groups in total. The monoisotopic (exact) mass is 393 g/mol. The zero-order valence-electron chi connectivity index (χ0n) is 10.9. The van der Waals surface area contributed by atoms with Gasteiger partial charge in [0.25, 0.3) is 0 Å². The van der Waals surface area contributed by atoms with Crippen LogP contribution in [0.3, 0.4) is 0 Å². The highest BCUT2D eigenvalue weighted by Crippen LogP contribution is 2.33. The zero-order chi connectivity index (χ0) is 14.1. The molecule has 0 spiro atoms. The molecular weight excluding hydrogens is 382 g/mol. The molecule has 1 aromatic heterocycles. The molecule has 20 heavy (non-hydrogen) atoms. The van der Waals surface area contributed by atoms with Crippen LogP contribution in [0.1, 0.15) is 17.4 Å². The predicted molar refractivity (Wildman–Crippen MR) is 89.0 cm³/mol. The van der Waals surface area contributed by atoms with Gasteiger partial charge in [0, 0.05) is 14.3 Å². The van der Waals surface area contributed by atoms with E-state index in [1.165, 1.54) is 0 Å². The van der Waals surface area contributed by atoms with Crippen molar-refractivity contribution < 1.29 is 4.42 Å². The van der Waals surface area contributed by atoms with Gasteiger partial charge in [0.1, 0.15) is 11.3 Å². The van der Waals surface area contributed by atoms with Gasteiger partial charge in [-0.1, -0.05) is 50.1 Å². The molecule has 1 atom stereocenters. The van der Waals surface area contributed by atoms with E-state index < -0.39 is 0 Å². The number of hydrogen-bond donors (Lipinski definition) is 1. The summed E-state index contributed by atoms with van der Waals surface area (Å²) in [7, 11) is 1.94. The van der Waals surface area contributed by atoms with E-state index in [2.05, 4.69) is 55.4 Å². The van der Waals surface area contributed by atoms with Crippen molar-refractivity contribution in [2.24, 2.45) is 0 Å². The first-order chi connectivity index (χ1) is 9.69. The number of nitrogens with one attached hydrogen (secondary N) is 1. The van der Waals surface area contributed by atoms with Gasteiger partial charge in [0.2, 0.25) is 0 Å². The van der Waals surface area contributed by atoms with E-state index in [0.29, 0.717) is 0 Å².